The molecule has 0 amide bonds. The standard InChI is InChI=1S/CH2N6O/c2-5-4-1-8-7-6-3/h1H2. The topological polar surface area (TPSA) is 107 Å². The first-order chi connectivity index (χ1) is 3.91. The lowest BCUT2D eigenvalue weighted by molar-refractivity contribution is 0.146. The van der Waals surface area contributed by atoms with Gasteiger partial charge in [0.2, 0.25) is 0 Å². The molecule has 7 nitrogen and oxygen atoms in total. The summed E-state index contributed by atoms with van der Waals surface area (Å²) < 4.78 is 0. The summed E-state index contributed by atoms with van der Waals surface area (Å²) in [5.74, 6) is 0. The van der Waals surface area contributed by atoms with Gasteiger partial charge in [-0.15, -0.1) is 0 Å². The predicted molar refractivity (Wildman–Crippen MR) is 24.2 cm³/mol. The van der Waals surface area contributed by atoms with E-state index in [1.165, 1.54) is 0 Å². The highest BCUT2D eigenvalue weighted by Crippen LogP contribution is 1.76. The smallest absolute Gasteiger partial charge is 0.176 e. The fourth-order valence-electron chi connectivity index (χ4n) is 0.103. The van der Waals surface area contributed by atoms with Crippen molar-refractivity contribution in [2.45, 2.75) is 0 Å². The Kier molecular flexibility index (Phi) is 4.35. The lowest BCUT2D eigenvalue weighted by Crippen LogP contribution is -1.74. The number of nitrogens with zero attached hydrogens (tertiary/aromatic N) is 6. The van der Waals surface area contributed by atoms with Gasteiger partial charge >= 0.3 is 0 Å². The lowest BCUT2D eigenvalue weighted by atomic mass is 11.4. The van der Waals surface area contributed by atoms with Crippen LogP contribution in [0.4, 0.5) is 0 Å². The van der Waals surface area contributed by atoms with Crippen molar-refractivity contribution in [3.63, 3.8) is 0 Å². The van der Waals surface area contributed by atoms with Crippen LogP contribution in [0.3, 0.4) is 0 Å². The lowest BCUT2D eigenvalue weighted by Gasteiger charge is -1.82. The summed E-state index contributed by atoms with van der Waals surface area (Å²) in [5.41, 5.74) is 15.2. The van der Waals surface area contributed by atoms with E-state index in [-0.39, 0.29) is 6.73 Å². The highest BCUT2D eigenvalue weighted by atomic mass is 16.6. The van der Waals surface area contributed by atoms with Crippen molar-refractivity contribution < 1.29 is 4.84 Å². The number of hydrogen-bond donors (Lipinski definition) is 0. The van der Waals surface area contributed by atoms with Crippen molar-refractivity contribution in [2.24, 2.45) is 10.4 Å². The minimum Gasteiger partial charge on any atom is -0.427 e. The first kappa shape index (κ1) is 6.42. The molecule has 0 N–H and O–H groups in total. The SMILES string of the molecule is [N-]=[N+]=NCON=[N+]=[N-]. The Labute approximate surface area is 44.1 Å². The monoisotopic (exact) mass is 114 g/mol. The molecule has 0 radical (unpaired) electrons. The quantitative estimate of drug-likeness (QED) is 0.179. The number of rotatable bonds is 3. The van der Waals surface area contributed by atoms with E-state index in [0.29, 0.717) is 0 Å². The largest absolute Gasteiger partial charge is 0.427 e. The van der Waals surface area contributed by atoms with E-state index in [0.717, 1.165) is 0 Å². The van der Waals surface area contributed by atoms with Crippen molar-refractivity contribution in [2.75, 3.05) is 6.73 Å². The van der Waals surface area contributed by atoms with Crippen LogP contribution in [-0.2, 0) is 4.84 Å². The van der Waals surface area contributed by atoms with Crippen LogP contribution in [0, 0.1) is 0 Å². The summed E-state index contributed by atoms with van der Waals surface area (Å²) >= 11 is 0. The molecular formula is CH2N6O. The zero-order chi connectivity index (χ0) is 6.24. The molecular weight excluding hydrogens is 112 g/mol. The van der Waals surface area contributed by atoms with E-state index >= 15 is 0 Å². The van der Waals surface area contributed by atoms with E-state index in [9.17, 15) is 0 Å². The number of hydrogen-bond acceptors (Lipinski definition) is 3. The Hall–Kier alpha value is -1.58. The van der Waals surface area contributed by atoms with E-state index < -0.39 is 0 Å². The predicted octanol–water partition coefficient (Wildman–Crippen LogP) is 1.50. The third-order valence-corrected chi connectivity index (χ3v) is 0.273. The van der Waals surface area contributed by atoms with Crippen LogP contribution in [0.5, 0.6) is 0 Å². The van der Waals surface area contributed by atoms with Crippen LogP contribution in [0.25, 0.3) is 20.9 Å². The molecule has 0 aromatic rings. The van der Waals surface area contributed by atoms with Crippen molar-refractivity contribution in [1.29, 1.82) is 0 Å². The second-order valence-electron chi connectivity index (χ2n) is 0.660. The third-order valence-electron chi connectivity index (χ3n) is 0.273. The Morgan fingerprint density at radius 1 is 1.38 bits per heavy atom. The summed E-state index contributed by atoms with van der Waals surface area (Å²) in [4.78, 5) is 8.56. The van der Waals surface area contributed by atoms with Crippen molar-refractivity contribution >= 4 is 0 Å². The average Bonchev–Trinajstić information content (AvgIpc) is 1.81. The Morgan fingerprint density at radius 3 is 2.62 bits per heavy atom. The molecule has 0 fully saturated rings. The van der Waals surface area contributed by atoms with Gasteiger partial charge < -0.3 is 4.84 Å². The van der Waals surface area contributed by atoms with Crippen LogP contribution < -0.4 is 0 Å². The Balaban J connectivity index is 3.18. The molecule has 0 aliphatic heterocycles. The molecule has 7 heteroatoms. The molecule has 0 atom stereocenters. The van der Waals surface area contributed by atoms with Gasteiger partial charge in [-0.05, 0) is 11.1 Å². The fourth-order valence-corrected chi connectivity index (χ4v) is 0.103. The maximum Gasteiger partial charge on any atom is 0.176 e. The van der Waals surface area contributed by atoms with Gasteiger partial charge in [0.15, 0.2) is 6.73 Å². The summed E-state index contributed by atoms with van der Waals surface area (Å²) in [6.07, 6.45) is 0. The summed E-state index contributed by atoms with van der Waals surface area (Å²) in [6.45, 7) is -0.263. The molecule has 0 saturated carbocycles. The number of azide groups is 2. The van der Waals surface area contributed by atoms with Gasteiger partial charge in [0.25, 0.3) is 0 Å². The van der Waals surface area contributed by atoms with Gasteiger partial charge in [-0.1, -0.05) is 5.11 Å². The second kappa shape index (κ2) is 5.42. The Bertz CT molecular complexity index is 121. The van der Waals surface area contributed by atoms with Crippen molar-refractivity contribution in [3.8, 4) is 0 Å². The molecule has 0 aromatic carbocycles. The highest BCUT2D eigenvalue weighted by molar-refractivity contribution is 4.35. The van der Waals surface area contributed by atoms with E-state index in [1.54, 1.807) is 0 Å². The maximum atomic E-state index is 7.61. The van der Waals surface area contributed by atoms with Crippen molar-refractivity contribution in [3.05, 3.63) is 20.9 Å². The fraction of sp³-hybridized carbons (Fsp3) is 1.00. The average molecular weight is 114 g/mol. The van der Waals surface area contributed by atoms with Crippen LogP contribution in [0.15, 0.2) is 10.4 Å². The molecule has 0 unspecified atom stereocenters. The summed E-state index contributed by atoms with van der Waals surface area (Å²) in [6, 6.07) is 0. The van der Waals surface area contributed by atoms with E-state index in [2.05, 4.69) is 25.1 Å². The van der Waals surface area contributed by atoms with Crippen LogP contribution in [0.1, 0.15) is 0 Å². The third kappa shape index (κ3) is 4.42. The van der Waals surface area contributed by atoms with Gasteiger partial charge in [-0.3, -0.25) is 0 Å². The van der Waals surface area contributed by atoms with E-state index in [1.807, 2.05) is 0 Å². The molecule has 0 aliphatic carbocycles. The minimum absolute atomic E-state index is 0.263. The molecule has 42 valence electrons. The molecule has 0 aromatic heterocycles. The van der Waals surface area contributed by atoms with E-state index in [4.69, 9.17) is 11.1 Å². The van der Waals surface area contributed by atoms with Crippen LogP contribution >= 0.6 is 0 Å². The molecule has 0 saturated heterocycles. The first-order valence-electron chi connectivity index (χ1n) is 1.59. The summed E-state index contributed by atoms with van der Waals surface area (Å²) in [7, 11) is 0. The van der Waals surface area contributed by atoms with Gasteiger partial charge in [0.1, 0.15) is 5.28 Å². The first-order valence-corrected chi connectivity index (χ1v) is 1.59. The minimum atomic E-state index is -0.263. The Morgan fingerprint density at radius 2 is 2.12 bits per heavy atom. The molecule has 8 heavy (non-hydrogen) atoms. The van der Waals surface area contributed by atoms with Gasteiger partial charge in [0, 0.05) is 9.82 Å². The molecule has 0 rings (SSSR count). The normalized spacial score (nSPS) is 6.00. The van der Waals surface area contributed by atoms with Crippen molar-refractivity contribution in [1.82, 2.24) is 0 Å². The zero-order valence-electron chi connectivity index (χ0n) is 3.80. The zero-order valence-corrected chi connectivity index (χ0v) is 3.80. The van der Waals surface area contributed by atoms with Gasteiger partial charge in [0.05, 0.1) is 0 Å². The van der Waals surface area contributed by atoms with Crippen LogP contribution in [-0.4, -0.2) is 6.73 Å². The van der Waals surface area contributed by atoms with Gasteiger partial charge in [-0.25, -0.2) is 0 Å². The van der Waals surface area contributed by atoms with Gasteiger partial charge in [-0.2, -0.15) is 0 Å². The maximum absolute atomic E-state index is 7.61. The highest BCUT2D eigenvalue weighted by Gasteiger charge is 1.69. The van der Waals surface area contributed by atoms with Crippen LogP contribution in [0.2, 0.25) is 0 Å². The molecule has 0 heterocycles. The molecule has 0 bridgehead atoms. The second-order valence-corrected chi connectivity index (χ2v) is 0.660. The molecule has 0 spiro atoms. The molecule has 0 aliphatic rings. The summed E-state index contributed by atoms with van der Waals surface area (Å²) in [5, 5.41) is 5.53.